The second kappa shape index (κ2) is 8.33. The molecular weight excluding hydrogens is 336 g/mol. The van der Waals surface area contributed by atoms with Crippen LogP contribution in [0, 0.1) is 13.8 Å². The average Bonchev–Trinajstić information content (AvgIpc) is 2.94. The van der Waals surface area contributed by atoms with Crippen molar-refractivity contribution >= 4 is 17.8 Å². The minimum atomic E-state index is -0.705. The highest BCUT2D eigenvalue weighted by atomic mass is 16.5. The Hall–Kier alpha value is -3.09. The number of aryl methyl sites for hydroxylation is 1. The van der Waals surface area contributed by atoms with E-state index in [9.17, 15) is 14.4 Å². The van der Waals surface area contributed by atoms with Crippen LogP contribution in [0.25, 0.3) is 0 Å². The van der Waals surface area contributed by atoms with Gasteiger partial charge in [0.1, 0.15) is 5.69 Å². The number of hydrogen-bond donors (Lipinski definition) is 2. The Morgan fingerprint density at radius 3 is 2.38 bits per heavy atom. The Morgan fingerprint density at radius 1 is 1.12 bits per heavy atom. The van der Waals surface area contributed by atoms with E-state index in [4.69, 9.17) is 9.47 Å². The van der Waals surface area contributed by atoms with Crippen LogP contribution in [-0.2, 0) is 14.3 Å². The monoisotopic (exact) mass is 358 g/mol. The molecule has 0 saturated heterocycles. The van der Waals surface area contributed by atoms with Crippen LogP contribution in [0.4, 0.5) is 0 Å². The first kappa shape index (κ1) is 19.2. The zero-order chi connectivity index (χ0) is 19.3. The first-order valence-corrected chi connectivity index (χ1v) is 8.14. The summed E-state index contributed by atoms with van der Waals surface area (Å²) in [4.78, 5) is 38.8. The molecule has 1 heterocycles. The van der Waals surface area contributed by atoms with E-state index in [0.717, 1.165) is 5.56 Å². The van der Waals surface area contributed by atoms with E-state index in [1.54, 1.807) is 13.8 Å². The number of rotatable bonds is 6. The molecule has 1 amide bonds. The third kappa shape index (κ3) is 4.30. The van der Waals surface area contributed by atoms with Gasteiger partial charge in [-0.25, -0.2) is 9.59 Å². The van der Waals surface area contributed by atoms with Crippen LogP contribution in [0.1, 0.15) is 50.6 Å². The number of amides is 1. The number of nitrogens with one attached hydrogen (secondary N) is 2. The quantitative estimate of drug-likeness (QED) is 0.773. The molecule has 2 aromatic rings. The number of ether oxygens (including phenoxy) is 2. The molecule has 7 heteroatoms. The number of benzene rings is 1. The molecule has 0 unspecified atom stereocenters. The van der Waals surface area contributed by atoms with Crippen molar-refractivity contribution in [3.63, 3.8) is 0 Å². The van der Waals surface area contributed by atoms with Gasteiger partial charge in [-0.05, 0) is 31.9 Å². The molecule has 7 nitrogen and oxygen atoms in total. The van der Waals surface area contributed by atoms with Crippen LogP contribution in [-0.4, -0.2) is 36.5 Å². The number of H-pyrrole nitrogens is 1. The Bertz CT molecular complexity index is 811. The van der Waals surface area contributed by atoms with E-state index in [1.807, 2.05) is 37.3 Å². The first-order chi connectivity index (χ1) is 12.3. The predicted molar refractivity (Wildman–Crippen MR) is 94.9 cm³/mol. The first-order valence-electron chi connectivity index (χ1n) is 8.14. The van der Waals surface area contributed by atoms with Gasteiger partial charge in [-0.15, -0.1) is 0 Å². The molecule has 0 radical (unpaired) electrons. The zero-order valence-corrected chi connectivity index (χ0v) is 15.2. The molecule has 0 spiro atoms. The Labute approximate surface area is 151 Å². The highest BCUT2D eigenvalue weighted by molar-refractivity contribution is 5.99. The second-order valence-corrected chi connectivity index (χ2v) is 5.89. The molecule has 0 aliphatic rings. The normalized spacial score (nSPS) is 11.5. The van der Waals surface area contributed by atoms with E-state index in [2.05, 4.69) is 10.3 Å². The number of hydrogen-bond acceptors (Lipinski definition) is 5. The molecule has 1 aromatic carbocycles. The molecule has 0 fully saturated rings. The lowest BCUT2D eigenvalue weighted by Crippen LogP contribution is -2.31. The predicted octanol–water partition coefficient (Wildman–Crippen LogP) is 2.45. The van der Waals surface area contributed by atoms with E-state index in [-0.39, 0.29) is 11.7 Å². The standard InChI is InChI=1S/C19H22N2O5/c1-11-16(18(23)25-4)13(3)21-17(11)19(24)26-10-15(22)20-12(2)14-8-6-5-7-9-14/h5-9,12,21H,10H2,1-4H3,(H,20,22)/t12-/m1/s1. The molecule has 0 bridgehead atoms. The van der Waals surface area contributed by atoms with Crippen molar-refractivity contribution in [1.82, 2.24) is 10.3 Å². The molecule has 2 rings (SSSR count). The maximum Gasteiger partial charge on any atom is 0.355 e. The maximum atomic E-state index is 12.2. The van der Waals surface area contributed by atoms with Crippen LogP contribution < -0.4 is 5.32 Å². The van der Waals surface area contributed by atoms with Crippen molar-refractivity contribution in [2.45, 2.75) is 26.8 Å². The number of esters is 2. The maximum absolute atomic E-state index is 12.2. The number of aromatic nitrogens is 1. The van der Waals surface area contributed by atoms with Crippen molar-refractivity contribution in [1.29, 1.82) is 0 Å². The van der Waals surface area contributed by atoms with Crippen LogP contribution in [0.2, 0.25) is 0 Å². The molecule has 0 aliphatic heterocycles. The highest BCUT2D eigenvalue weighted by Gasteiger charge is 2.24. The third-order valence-corrected chi connectivity index (χ3v) is 4.04. The van der Waals surface area contributed by atoms with Crippen LogP contribution in [0.15, 0.2) is 30.3 Å². The Balaban J connectivity index is 1.96. The van der Waals surface area contributed by atoms with Crippen LogP contribution in [0.3, 0.4) is 0 Å². The van der Waals surface area contributed by atoms with Crippen molar-refractivity contribution < 1.29 is 23.9 Å². The SMILES string of the molecule is COC(=O)c1c(C)[nH]c(C(=O)OCC(=O)N[C@H](C)c2ccccc2)c1C. The summed E-state index contributed by atoms with van der Waals surface area (Å²) in [5.41, 5.74) is 2.31. The fourth-order valence-electron chi connectivity index (χ4n) is 2.67. The van der Waals surface area contributed by atoms with Gasteiger partial charge in [0, 0.05) is 5.69 Å². The minimum Gasteiger partial charge on any atom is -0.465 e. The largest absolute Gasteiger partial charge is 0.465 e. The smallest absolute Gasteiger partial charge is 0.355 e. The van der Waals surface area contributed by atoms with Gasteiger partial charge in [0.2, 0.25) is 0 Å². The topological polar surface area (TPSA) is 97.5 Å². The number of aromatic amines is 1. The lowest BCUT2D eigenvalue weighted by Gasteiger charge is -2.14. The summed E-state index contributed by atoms with van der Waals surface area (Å²) < 4.78 is 9.75. The minimum absolute atomic E-state index is 0.131. The van der Waals surface area contributed by atoms with Gasteiger partial charge in [-0.3, -0.25) is 4.79 Å². The summed E-state index contributed by atoms with van der Waals surface area (Å²) in [5.74, 6) is -1.66. The van der Waals surface area contributed by atoms with Crippen molar-refractivity contribution in [3.8, 4) is 0 Å². The summed E-state index contributed by atoms with van der Waals surface area (Å²) >= 11 is 0. The number of carbonyl (C=O) groups excluding carboxylic acids is 3. The molecular formula is C19H22N2O5. The fraction of sp³-hybridized carbons (Fsp3) is 0.316. The fourth-order valence-corrected chi connectivity index (χ4v) is 2.67. The molecule has 1 aromatic heterocycles. The number of carbonyl (C=O) groups is 3. The Kier molecular flexibility index (Phi) is 6.16. The van der Waals surface area contributed by atoms with Crippen molar-refractivity contribution in [3.05, 3.63) is 58.4 Å². The molecule has 1 atom stereocenters. The lowest BCUT2D eigenvalue weighted by atomic mass is 10.1. The van der Waals surface area contributed by atoms with Gasteiger partial charge in [0.05, 0.1) is 18.7 Å². The van der Waals surface area contributed by atoms with E-state index in [1.165, 1.54) is 7.11 Å². The highest BCUT2D eigenvalue weighted by Crippen LogP contribution is 2.19. The molecule has 2 N–H and O–H groups in total. The van der Waals surface area contributed by atoms with Crippen molar-refractivity contribution in [2.24, 2.45) is 0 Å². The van der Waals surface area contributed by atoms with Gasteiger partial charge in [0.25, 0.3) is 5.91 Å². The average molecular weight is 358 g/mol. The summed E-state index contributed by atoms with van der Waals surface area (Å²) in [5, 5.41) is 2.76. The van der Waals surface area contributed by atoms with E-state index < -0.39 is 24.5 Å². The van der Waals surface area contributed by atoms with Crippen molar-refractivity contribution in [2.75, 3.05) is 13.7 Å². The van der Waals surface area contributed by atoms with Gasteiger partial charge >= 0.3 is 11.9 Å². The van der Waals surface area contributed by atoms with E-state index in [0.29, 0.717) is 16.8 Å². The van der Waals surface area contributed by atoms with Crippen LogP contribution in [0.5, 0.6) is 0 Å². The van der Waals surface area contributed by atoms with Gasteiger partial charge in [-0.2, -0.15) is 0 Å². The lowest BCUT2D eigenvalue weighted by molar-refractivity contribution is -0.124. The summed E-state index contributed by atoms with van der Waals surface area (Å²) in [7, 11) is 1.27. The molecule has 0 saturated carbocycles. The van der Waals surface area contributed by atoms with Gasteiger partial charge in [0.15, 0.2) is 6.61 Å². The second-order valence-electron chi connectivity index (χ2n) is 5.89. The summed E-state index contributed by atoms with van der Waals surface area (Å²) in [6, 6.07) is 9.25. The van der Waals surface area contributed by atoms with Crippen LogP contribution >= 0.6 is 0 Å². The van der Waals surface area contributed by atoms with Gasteiger partial charge in [-0.1, -0.05) is 30.3 Å². The molecule has 138 valence electrons. The van der Waals surface area contributed by atoms with Gasteiger partial charge < -0.3 is 19.8 Å². The Morgan fingerprint density at radius 2 is 1.77 bits per heavy atom. The molecule has 0 aliphatic carbocycles. The summed E-state index contributed by atoms with van der Waals surface area (Å²) in [6.07, 6.45) is 0. The van der Waals surface area contributed by atoms with E-state index >= 15 is 0 Å². The zero-order valence-electron chi connectivity index (χ0n) is 15.2. The third-order valence-electron chi connectivity index (χ3n) is 4.04. The summed E-state index contributed by atoms with van der Waals surface area (Å²) in [6.45, 7) is 4.70. The number of methoxy groups -OCH3 is 1. The molecule has 26 heavy (non-hydrogen) atoms.